The lowest BCUT2D eigenvalue weighted by Crippen LogP contribution is -2.11. The minimum absolute atomic E-state index is 0.0196. The van der Waals surface area contributed by atoms with Gasteiger partial charge in [-0.25, -0.2) is 9.78 Å². The highest BCUT2D eigenvalue weighted by molar-refractivity contribution is 9.10. The molecule has 1 rings (SSSR count). The van der Waals surface area contributed by atoms with Crippen molar-refractivity contribution in [3.8, 4) is 0 Å². The molecule has 1 atom stereocenters. The van der Waals surface area contributed by atoms with Crippen LogP contribution in [-0.2, 0) is 4.79 Å². The number of rotatable bonds is 3. The highest BCUT2D eigenvalue weighted by Crippen LogP contribution is 2.25. The van der Waals surface area contributed by atoms with Crippen molar-refractivity contribution < 1.29 is 19.9 Å². The van der Waals surface area contributed by atoms with Gasteiger partial charge in [0.2, 0.25) is 0 Å². The quantitative estimate of drug-likeness (QED) is 0.481. The molecule has 0 aromatic carbocycles. The summed E-state index contributed by atoms with van der Waals surface area (Å²) in [4.78, 5) is 23.7. The lowest BCUT2D eigenvalue weighted by atomic mass is 10.1. The number of hydrogen-bond acceptors (Lipinski definition) is 5. The zero-order chi connectivity index (χ0) is 11.6. The maximum atomic E-state index is 10.5. The van der Waals surface area contributed by atoms with Crippen LogP contribution in [0.1, 0.15) is 11.7 Å². The lowest BCUT2D eigenvalue weighted by molar-refractivity contribution is -0.386. The smallest absolute Gasteiger partial charge is 0.337 e. The molecule has 80 valence electrons. The zero-order valence-electron chi connectivity index (χ0n) is 7.12. The van der Waals surface area contributed by atoms with Crippen molar-refractivity contribution in [2.75, 3.05) is 0 Å². The van der Waals surface area contributed by atoms with Gasteiger partial charge in [0.1, 0.15) is 0 Å². The molecule has 0 aliphatic carbocycles. The van der Waals surface area contributed by atoms with E-state index in [9.17, 15) is 14.9 Å². The summed E-state index contributed by atoms with van der Waals surface area (Å²) in [5.41, 5.74) is -0.537. The topological polar surface area (TPSA) is 114 Å². The number of carbonyl (C=O) groups is 1. The lowest BCUT2D eigenvalue weighted by Gasteiger charge is -2.04. The Bertz CT molecular complexity index is 422. The van der Waals surface area contributed by atoms with Gasteiger partial charge in [0, 0.05) is 17.8 Å². The Labute approximate surface area is 91.7 Å². The second-order valence-corrected chi connectivity index (χ2v) is 3.33. The molecule has 0 aliphatic rings. The fourth-order valence-electron chi connectivity index (χ4n) is 0.872. The van der Waals surface area contributed by atoms with E-state index >= 15 is 0 Å². The van der Waals surface area contributed by atoms with E-state index in [1.807, 2.05) is 0 Å². The minimum Gasteiger partial charge on any atom is -0.479 e. The number of nitrogens with zero attached hydrogens (tertiary/aromatic N) is 2. The number of carboxylic acids is 1. The second-order valence-electron chi connectivity index (χ2n) is 2.58. The van der Waals surface area contributed by atoms with Gasteiger partial charge in [-0.15, -0.1) is 0 Å². The van der Waals surface area contributed by atoms with E-state index in [4.69, 9.17) is 10.2 Å². The predicted molar refractivity (Wildman–Crippen MR) is 51.2 cm³/mol. The Kier molecular flexibility index (Phi) is 3.32. The maximum absolute atomic E-state index is 10.5. The number of aliphatic carboxylic acids is 1. The molecular weight excluding hydrogens is 272 g/mol. The summed E-state index contributed by atoms with van der Waals surface area (Å²) in [6, 6.07) is 0.954. The van der Waals surface area contributed by atoms with E-state index in [1.54, 1.807) is 0 Å². The normalized spacial score (nSPS) is 12.1. The number of hydrogen-bond donors (Lipinski definition) is 2. The first-order chi connectivity index (χ1) is 6.93. The molecule has 8 heteroatoms. The van der Waals surface area contributed by atoms with Crippen LogP contribution in [0.5, 0.6) is 0 Å². The summed E-state index contributed by atoms with van der Waals surface area (Å²) in [5, 5.41) is 28.1. The molecule has 0 bridgehead atoms. The Balaban J connectivity index is 3.18. The van der Waals surface area contributed by atoms with E-state index in [0.717, 1.165) is 12.3 Å². The number of aromatic nitrogens is 1. The Morgan fingerprint density at radius 2 is 2.27 bits per heavy atom. The first-order valence-electron chi connectivity index (χ1n) is 3.64. The molecule has 15 heavy (non-hydrogen) atoms. The van der Waals surface area contributed by atoms with E-state index in [-0.39, 0.29) is 10.2 Å². The second kappa shape index (κ2) is 4.32. The largest absolute Gasteiger partial charge is 0.479 e. The van der Waals surface area contributed by atoms with Crippen LogP contribution in [0.25, 0.3) is 0 Å². The molecule has 0 spiro atoms. The summed E-state index contributed by atoms with van der Waals surface area (Å²) in [6.07, 6.45) is -0.764. The van der Waals surface area contributed by atoms with Gasteiger partial charge >= 0.3 is 11.7 Å². The van der Waals surface area contributed by atoms with Gasteiger partial charge in [0.25, 0.3) is 0 Å². The highest BCUT2D eigenvalue weighted by atomic mass is 79.9. The van der Waals surface area contributed by atoms with Crippen LogP contribution in [0.2, 0.25) is 0 Å². The van der Waals surface area contributed by atoms with Crippen molar-refractivity contribution in [2.45, 2.75) is 6.10 Å². The van der Waals surface area contributed by atoms with Crippen LogP contribution in [0.4, 0.5) is 5.69 Å². The number of pyridine rings is 1. The van der Waals surface area contributed by atoms with Gasteiger partial charge in [-0.1, -0.05) is 0 Å². The van der Waals surface area contributed by atoms with Crippen LogP contribution in [-0.4, -0.2) is 26.1 Å². The summed E-state index contributed by atoms with van der Waals surface area (Å²) >= 11 is 2.84. The fraction of sp³-hybridized carbons (Fsp3) is 0.143. The van der Waals surface area contributed by atoms with Gasteiger partial charge in [0.05, 0.1) is 4.92 Å². The number of carboxylic acid groups (broad SMARTS) is 1. The molecule has 1 aromatic rings. The molecule has 2 N–H and O–H groups in total. The molecule has 0 amide bonds. The van der Waals surface area contributed by atoms with Crippen LogP contribution < -0.4 is 0 Å². The third-order valence-electron chi connectivity index (χ3n) is 1.59. The third-order valence-corrected chi connectivity index (χ3v) is 2.20. The molecule has 0 radical (unpaired) electrons. The molecule has 0 aliphatic heterocycles. The minimum atomic E-state index is -1.82. The molecule has 1 heterocycles. The standard InChI is InChI=1S/C7H5BrN2O5/c8-6-4(10(14)15)1-3(2-9-6)5(11)7(12)13/h1-2,5,11H,(H,12,13). The molecule has 1 aromatic heterocycles. The van der Waals surface area contributed by atoms with Crippen LogP contribution in [0.3, 0.4) is 0 Å². The van der Waals surface area contributed by atoms with Crippen LogP contribution in [0.15, 0.2) is 16.9 Å². The Morgan fingerprint density at radius 1 is 1.67 bits per heavy atom. The van der Waals surface area contributed by atoms with E-state index in [2.05, 4.69) is 20.9 Å². The first kappa shape index (κ1) is 11.5. The van der Waals surface area contributed by atoms with Gasteiger partial charge in [0.15, 0.2) is 10.7 Å². The van der Waals surface area contributed by atoms with E-state index in [0.29, 0.717) is 0 Å². The summed E-state index contributed by atoms with van der Waals surface area (Å²) < 4.78 is -0.0196. The monoisotopic (exact) mass is 276 g/mol. The van der Waals surface area contributed by atoms with Crippen molar-refractivity contribution in [2.24, 2.45) is 0 Å². The van der Waals surface area contributed by atoms with Crippen molar-refractivity contribution in [1.29, 1.82) is 0 Å². The van der Waals surface area contributed by atoms with Crippen molar-refractivity contribution in [3.63, 3.8) is 0 Å². The predicted octanol–water partition coefficient (Wildman–Crippen LogP) is 0.870. The molecule has 0 fully saturated rings. The highest BCUT2D eigenvalue weighted by Gasteiger charge is 2.21. The molecule has 1 unspecified atom stereocenters. The molecule has 7 nitrogen and oxygen atoms in total. The first-order valence-corrected chi connectivity index (χ1v) is 4.43. The summed E-state index contributed by atoms with van der Waals surface area (Å²) in [6.45, 7) is 0. The van der Waals surface area contributed by atoms with E-state index < -0.39 is 22.7 Å². The Morgan fingerprint density at radius 3 is 2.73 bits per heavy atom. The zero-order valence-corrected chi connectivity index (χ0v) is 8.71. The number of halogens is 1. The van der Waals surface area contributed by atoms with Crippen molar-refractivity contribution in [3.05, 3.63) is 32.5 Å². The van der Waals surface area contributed by atoms with Crippen LogP contribution >= 0.6 is 15.9 Å². The third kappa shape index (κ3) is 2.48. The summed E-state index contributed by atoms with van der Waals surface area (Å²) in [7, 11) is 0. The van der Waals surface area contributed by atoms with Gasteiger partial charge in [-0.3, -0.25) is 10.1 Å². The van der Waals surface area contributed by atoms with Crippen LogP contribution in [0, 0.1) is 10.1 Å². The fourth-order valence-corrected chi connectivity index (χ4v) is 1.23. The maximum Gasteiger partial charge on any atom is 0.337 e. The van der Waals surface area contributed by atoms with Crippen molar-refractivity contribution >= 4 is 27.6 Å². The average Bonchev–Trinajstić information content (AvgIpc) is 2.16. The molecule has 0 saturated heterocycles. The van der Waals surface area contributed by atoms with Gasteiger partial charge in [-0.2, -0.15) is 0 Å². The number of aliphatic hydroxyl groups is 1. The average molecular weight is 277 g/mol. The van der Waals surface area contributed by atoms with Gasteiger partial charge in [-0.05, 0) is 15.9 Å². The molecule has 0 saturated carbocycles. The van der Waals surface area contributed by atoms with Crippen molar-refractivity contribution in [1.82, 2.24) is 4.98 Å². The van der Waals surface area contributed by atoms with Gasteiger partial charge < -0.3 is 10.2 Å². The Hall–Kier alpha value is -1.54. The summed E-state index contributed by atoms with van der Waals surface area (Å²) in [5.74, 6) is -1.49. The number of nitro groups is 1. The SMILES string of the molecule is O=C(O)C(O)c1cnc(Br)c([N+](=O)[O-])c1. The van der Waals surface area contributed by atoms with E-state index in [1.165, 1.54) is 0 Å². The number of aliphatic hydroxyl groups excluding tert-OH is 1. The molecular formula is C7H5BrN2O5.